The number of ether oxygens (including phenoxy) is 1. The highest BCUT2D eigenvalue weighted by molar-refractivity contribution is 5.93. The number of nitrogens with one attached hydrogen (secondary N) is 1. The average molecular weight is 291 g/mol. The molecule has 6 nitrogen and oxygen atoms in total. The fourth-order valence-electron chi connectivity index (χ4n) is 2.45. The third kappa shape index (κ3) is 3.87. The van der Waals surface area contributed by atoms with E-state index < -0.39 is 0 Å². The van der Waals surface area contributed by atoms with Gasteiger partial charge in [-0.1, -0.05) is 6.92 Å². The van der Waals surface area contributed by atoms with Crippen molar-refractivity contribution in [2.45, 2.75) is 19.8 Å². The van der Waals surface area contributed by atoms with Crippen molar-refractivity contribution in [1.29, 1.82) is 0 Å². The number of amides is 2. The maximum Gasteiger partial charge on any atom is 0.226 e. The van der Waals surface area contributed by atoms with Gasteiger partial charge < -0.3 is 20.7 Å². The molecule has 1 aromatic rings. The summed E-state index contributed by atoms with van der Waals surface area (Å²) in [5.41, 5.74) is 6.82. The quantitative estimate of drug-likeness (QED) is 0.805. The van der Waals surface area contributed by atoms with Crippen LogP contribution in [-0.4, -0.2) is 36.9 Å². The number of methoxy groups -OCH3 is 1. The highest BCUT2D eigenvalue weighted by Gasteiger charge is 2.26. The zero-order chi connectivity index (χ0) is 15.4. The van der Waals surface area contributed by atoms with Crippen molar-refractivity contribution in [3.63, 3.8) is 0 Å². The summed E-state index contributed by atoms with van der Waals surface area (Å²) in [7, 11) is 1.52. The van der Waals surface area contributed by atoms with E-state index in [4.69, 9.17) is 10.5 Å². The van der Waals surface area contributed by atoms with Gasteiger partial charge in [-0.15, -0.1) is 0 Å². The second kappa shape index (κ2) is 6.47. The summed E-state index contributed by atoms with van der Waals surface area (Å²) in [5.74, 6) is 0.873. The Bertz CT molecular complexity index is 545. The summed E-state index contributed by atoms with van der Waals surface area (Å²) in [6.07, 6.45) is 0.847. The van der Waals surface area contributed by atoms with Crippen LogP contribution < -0.4 is 15.8 Å². The van der Waals surface area contributed by atoms with Gasteiger partial charge in [0.15, 0.2) is 0 Å². The third-order valence-electron chi connectivity index (χ3n) is 3.52. The van der Waals surface area contributed by atoms with Crippen LogP contribution in [0.1, 0.15) is 19.8 Å². The number of carbonyl (C=O) groups excluding carboxylic acids is 2. The van der Waals surface area contributed by atoms with Crippen molar-refractivity contribution in [1.82, 2.24) is 4.90 Å². The lowest BCUT2D eigenvalue weighted by Crippen LogP contribution is -2.29. The first-order chi connectivity index (χ1) is 9.99. The van der Waals surface area contributed by atoms with Crippen molar-refractivity contribution in [2.75, 3.05) is 31.2 Å². The van der Waals surface area contributed by atoms with Crippen LogP contribution >= 0.6 is 0 Å². The molecular weight excluding hydrogens is 270 g/mol. The first-order valence-corrected chi connectivity index (χ1v) is 7.00. The normalized spacial score (nSPS) is 17.9. The van der Waals surface area contributed by atoms with Crippen LogP contribution in [0.25, 0.3) is 0 Å². The van der Waals surface area contributed by atoms with Crippen LogP contribution in [0, 0.1) is 5.92 Å². The Balaban J connectivity index is 1.89. The maximum absolute atomic E-state index is 12.0. The van der Waals surface area contributed by atoms with Crippen molar-refractivity contribution < 1.29 is 14.3 Å². The maximum atomic E-state index is 12.0. The van der Waals surface area contributed by atoms with E-state index in [0.29, 0.717) is 36.0 Å². The molecule has 1 unspecified atom stereocenters. The highest BCUT2D eigenvalue weighted by atomic mass is 16.5. The number of nitrogens with zero attached hydrogens (tertiary/aromatic N) is 1. The van der Waals surface area contributed by atoms with Crippen LogP contribution in [0.15, 0.2) is 18.2 Å². The molecule has 1 aromatic carbocycles. The van der Waals surface area contributed by atoms with Gasteiger partial charge in [-0.2, -0.15) is 0 Å². The van der Waals surface area contributed by atoms with Gasteiger partial charge in [-0.3, -0.25) is 9.59 Å². The largest absolute Gasteiger partial charge is 0.494 e. The number of hydrogen-bond acceptors (Lipinski definition) is 4. The zero-order valence-corrected chi connectivity index (χ0v) is 12.4. The van der Waals surface area contributed by atoms with Gasteiger partial charge in [-0.25, -0.2) is 0 Å². The second-order valence-corrected chi connectivity index (χ2v) is 5.41. The topological polar surface area (TPSA) is 84.7 Å². The molecular formula is C15H21N3O3. The second-order valence-electron chi connectivity index (χ2n) is 5.41. The molecule has 0 aliphatic carbocycles. The lowest BCUT2D eigenvalue weighted by Gasteiger charge is -2.16. The minimum absolute atomic E-state index is 0.125. The molecule has 0 saturated carbocycles. The molecule has 114 valence electrons. The molecule has 1 heterocycles. The molecule has 0 spiro atoms. The Kier molecular flexibility index (Phi) is 4.67. The fraction of sp³-hybridized carbons (Fsp3) is 0.467. The molecule has 1 aliphatic rings. The third-order valence-corrected chi connectivity index (χ3v) is 3.52. The molecule has 1 fully saturated rings. The van der Waals surface area contributed by atoms with Crippen molar-refractivity contribution in [3.05, 3.63) is 18.2 Å². The molecule has 6 heteroatoms. The van der Waals surface area contributed by atoms with Gasteiger partial charge in [0.1, 0.15) is 5.75 Å². The minimum atomic E-state index is -0.148. The van der Waals surface area contributed by atoms with E-state index >= 15 is 0 Å². The SMILES string of the molecule is COc1cc(N)ccc1NC(=O)CCN1CC(C)CC1=O. The summed E-state index contributed by atoms with van der Waals surface area (Å²) in [6.45, 7) is 3.22. The monoisotopic (exact) mass is 291 g/mol. The summed E-state index contributed by atoms with van der Waals surface area (Å²) in [5, 5.41) is 2.78. The number of likely N-dealkylation sites (tertiary alicyclic amines) is 1. The van der Waals surface area contributed by atoms with Crippen LogP contribution in [-0.2, 0) is 9.59 Å². The standard InChI is InChI=1S/C15H21N3O3/c1-10-7-15(20)18(9-10)6-5-14(19)17-12-4-3-11(16)8-13(12)21-2/h3-4,8,10H,5-7,9,16H2,1-2H3,(H,17,19). The number of rotatable bonds is 5. The number of nitrogen functional groups attached to an aromatic ring is 1. The number of nitrogens with two attached hydrogens (primary N) is 1. The molecule has 0 aromatic heterocycles. The first kappa shape index (κ1) is 15.2. The smallest absolute Gasteiger partial charge is 0.226 e. The molecule has 3 N–H and O–H groups in total. The van der Waals surface area contributed by atoms with Crippen LogP contribution in [0.5, 0.6) is 5.75 Å². The van der Waals surface area contributed by atoms with Crippen molar-refractivity contribution >= 4 is 23.2 Å². The molecule has 2 amide bonds. The minimum Gasteiger partial charge on any atom is -0.494 e. The average Bonchev–Trinajstić information content (AvgIpc) is 2.76. The Morgan fingerprint density at radius 3 is 2.90 bits per heavy atom. The number of hydrogen-bond donors (Lipinski definition) is 2. The van der Waals surface area contributed by atoms with Crippen LogP contribution in [0.2, 0.25) is 0 Å². The highest BCUT2D eigenvalue weighted by Crippen LogP contribution is 2.26. The first-order valence-electron chi connectivity index (χ1n) is 7.00. The lowest BCUT2D eigenvalue weighted by atomic mass is 10.2. The molecule has 2 rings (SSSR count). The predicted molar refractivity (Wildman–Crippen MR) is 81.0 cm³/mol. The molecule has 1 aliphatic heterocycles. The fourth-order valence-corrected chi connectivity index (χ4v) is 2.45. The summed E-state index contributed by atoms with van der Waals surface area (Å²) < 4.78 is 5.18. The van der Waals surface area contributed by atoms with Gasteiger partial charge in [0.05, 0.1) is 12.8 Å². The van der Waals surface area contributed by atoms with E-state index in [1.54, 1.807) is 23.1 Å². The van der Waals surface area contributed by atoms with Gasteiger partial charge in [-0.05, 0) is 18.1 Å². The number of carbonyl (C=O) groups is 2. The van der Waals surface area contributed by atoms with Crippen molar-refractivity contribution in [2.24, 2.45) is 5.92 Å². The van der Waals surface area contributed by atoms with Crippen LogP contribution in [0.3, 0.4) is 0 Å². The van der Waals surface area contributed by atoms with E-state index in [1.807, 2.05) is 6.92 Å². The Morgan fingerprint density at radius 1 is 1.52 bits per heavy atom. The summed E-state index contributed by atoms with van der Waals surface area (Å²) >= 11 is 0. The Hall–Kier alpha value is -2.24. The van der Waals surface area contributed by atoms with E-state index in [-0.39, 0.29) is 18.2 Å². The van der Waals surface area contributed by atoms with E-state index in [9.17, 15) is 9.59 Å². The Labute approximate surface area is 124 Å². The zero-order valence-electron chi connectivity index (χ0n) is 12.4. The number of anilines is 2. The lowest BCUT2D eigenvalue weighted by molar-refractivity contribution is -0.128. The number of benzene rings is 1. The van der Waals surface area contributed by atoms with E-state index in [2.05, 4.69) is 5.32 Å². The van der Waals surface area contributed by atoms with E-state index in [0.717, 1.165) is 6.54 Å². The van der Waals surface area contributed by atoms with Crippen molar-refractivity contribution in [3.8, 4) is 5.75 Å². The predicted octanol–water partition coefficient (Wildman–Crippen LogP) is 1.47. The molecule has 1 atom stereocenters. The summed E-state index contributed by atoms with van der Waals surface area (Å²) in [4.78, 5) is 25.4. The Morgan fingerprint density at radius 2 is 2.29 bits per heavy atom. The summed E-state index contributed by atoms with van der Waals surface area (Å²) in [6, 6.07) is 5.06. The molecule has 1 saturated heterocycles. The van der Waals surface area contributed by atoms with Crippen LogP contribution in [0.4, 0.5) is 11.4 Å². The van der Waals surface area contributed by atoms with Gasteiger partial charge in [0, 0.05) is 37.7 Å². The van der Waals surface area contributed by atoms with Gasteiger partial charge in [0.25, 0.3) is 0 Å². The van der Waals surface area contributed by atoms with E-state index in [1.165, 1.54) is 7.11 Å². The molecule has 21 heavy (non-hydrogen) atoms. The molecule has 0 bridgehead atoms. The van der Waals surface area contributed by atoms with Gasteiger partial charge >= 0.3 is 0 Å². The van der Waals surface area contributed by atoms with Gasteiger partial charge in [0.2, 0.25) is 11.8 Å². The molecule has 0 radical (unpaired) electrons.